The molecule has 1 aliphatic heterocycles. The summed E-state index contributed by atoms with van der Waals surface area (Å²) in [6.45, 7) is 11.8. The van der Waals surface area contributed by atoms with Crippen LogP contribution in [-0.2, 0) is 4.74 Å². The Hall–Kier alpha value is -0.810. The zero-order valence-corrected chi connectivity index (χ0v) is 15.4. The second-order valence-electron chi connectivity index (χ2n) is 7.00. The minimum atomic E-state index is -0.498. The van der Waals surface area contributed by atoms with Gasteiger partial charge in [-0.3, -0.25) is 4.90 Å². The maximum atomic E-state index is 10.2. The highest BCUT2D eigenvalue weighted by Gasteiger charge is 2.31. The van der Waals surface area contributed by atoms with Gasteiger partial charge >= 0.3 is 0 Å². The molecule has 0 bridgehead atoms. The molecule has 5 heteroatoms. The molecule has 23 heavy (non-hydrogen) atoms. The van der Waals surface area contributed by atoms with Gasteiger partial charge in [-0.15, -0.1) is 12.4 Å². The van der Waals surface area contributed by atoms with Crippen molar-refractivity contribution >= 4 is 12.4 Å². The van der Waals surface area contributed by atoms with Gasteiger partial charge in [0.25, 0.3) is 0 Å². The van der Waals surface area contributed by atoms with Crippen molar-refractivity contribution in [2.24, 2.45) is 0 Å². The largest absolute Gasteiger partial charge is 0.491 e. The lowest BCUT2D eigenvalue weighted by Crippen LogP contribution is -2.55. The molecule has 1 atom stereocenters. The van der Waals surface area contributed by atoms with Crippen molar-refractivity contribution < 1.29 is 14.6 Å². The van der Waals surface area contributed by atoms with Crippen molar-refractivity contribution in [1.29, 1.82) is 0 Å². The van der Waals surface area contributed by atoms with Crippen molar-refractivity contribution in [3.05, 3.63) is 29.8 Å². The number of nitrogens with zero attached hydrogens (tertiary/aromatic N) is 1. The molecule has 132 valence electrons. The van der Waals surface area contributed by atoms with Crippen LogP contribution in [0.5, 0.6) is 5.75 Å². The molecule has 4 nitrogen and oxygen atoms in total. The Balaban J connectivity index is 0.00000264. The van der Waals surface area contributed by atoms with E-state index in [0.717, 1.165) is 18.9 Å². The van der Waals surface area contributed by atoms with Crippen molar-refractivity contribution in [1.82, 2.24) is 4.90 Å². The van der Waals surface area contributed by atoms with Gasteiger partial charge < -0.3 is 14.6 Å². The predicted octanol–water partition coefficient (Wildman–Crippen LogP) is 3.08. The van der Waals surface area contributed by atoms with Crippen LogP contribution in [0.3, 0.4) is 0 Å². The van der Waals surface area contributed by atoms with Crippen LogP contribution in [0, 0.1) is 0 Å². The van der Waals surface area contributed by atoms with E-state index in [9.17, 15) is 5.11 Å². The van der Waals surface area contributed by atoms with E-state index in [1.54, 1.807) is 0 Å². The van der Waals surface area contributed by atoms with Crippen LogP contribution in [0.15, 0.2) is 24.3 Å². The highest BCUT2D eigenvalue weighted by Crippen LogP contribution is 2.20. The number of halogens is 1. The molecular formula is C18H30ClNO3. The van der Waals surface area contributed by atoms with Gasteiger partial charge in [0.05, 0.1) is 13.2 Å². The Morgan fingerprint density at radius 1 is 1.26 bits per heavy atom. The molecule has 1 heterocycles. The molecule has 1 aliphatic rings. The number of aliphatic hydroxyl groups is 1. The van der Waals surface area contributed by atoms with Crippen molar-refractivity contribution in [2.45, 2.75) is 45.3 Å². The molecular weight excluding hydrogens is 314 g/mol. The van der Waals surface area contributed by atoms with Crippen LogP contribution >= 0.6 is 12.4 Å². The van der Waals surface area contributed by atoms with Gasteiger partial charge in [-0.25, -0.2) is 0 Å². The van der Waals surface area contributed by atoms with Gasteiger partial charge in [-0.05, 0) is 37.5 Å². The van der Waals surface area contributed by atoms with E-state index in [2.05, 4.69) is 44.7 Å². The molecule has 2 rings (SSSR count). The van der Waals surface area contributed by atoms with Crippen LogP contribution < -0.4 is 4.74 Å². The lowest BCUT2D eigenvalue weighted by atomic mass is 10.0. The van der Waals surface area contributed by atoms with Crippen molar-refractivity contribution in [3.8, 4) is 5.75 Å². The fourth-order valence-electron chi connectivity index (χ4n) is 2.68. The zero-order chi connectivity index (χ0) is 16.2. The minimum Gasteiger partial charge on any atom is -0.491 e. The lowest BCUT2D eigenvalue weighted by Gasteiger charge is -2.42. The zero-order valence-electron chi connectivity index (χ0n) is 14.6. The molecule has 1 aromatic carbocycles. The summed E-state index contributed by atoms with van der Waals surface area (Å²) in [5.74, 6) is 1.33. The van der Waals surface area contributed by atoms with Crippen LogP contribution in [0.25, 0.3) is 0 Å². The average molecular weight is 344 g/mol. The van der Waals surface area contributed by atoms with Crippen LogP contribution in [-0.4, -0.2) is 54.6 Å². The van der Waals surface area contributed by atoms with E-state index in [0.29, 0.717) is 25.7 Å². The third kappa shape index (κ3) is 5.96. The summed E-state index contributed by atoms with van der Waals surface area (Å²) < 4.78 is 11.2. The number of benzene rings is 1. The quantitative estimate of drug-likeness (QED) is 0.862. The first kappa shape index (κ1) is 20.2. The lowest BCUT2D eigenvalue weighted by molar-refractivity contribution is -0.0703. The maximum Gasteiger partial charge on any atom is 0.119 e. The Bertz CT molecular complexity index is 462. The van der Waals surface area contributed by atoms with Gasteiger partial charge in [0.1, 0.15) is 18.5 Å². The minimum absolute atomic E-state index is 0. The predicted molar refractivity (Wildman–Crippen MR) is 95.8 cm³/mol. The van der Waals surface area contributed by atoms with E-state index in [-0.39, 0.29) is 17.9 Å². The number of hydrogen-bond donors (Lipinski definition) is 1. The molecule has 1 fully saturated rings. The summed E-state index contributed by atoms with van der Waals surface area (Å²) in [5.41, 5.74) is 1.26. The second kappa shape index (κ2) is 8.88. The molecule has 0 saturated carbocycles. The summed E-state index contributed by atoms with van der Waals surface area (Å²) >= 11 is 0. The summed E-state index contributed by atoms with van der Waals surface area (Å²) in [6.07, 6.45) is -0.498. The molecule has 0 spiro atoms. The standard InChI is InChI=1S/C18H29NO3.ClH/c1-14(2)15-5-7-17(8-6-15)22-12-16(20)11-19-9-10-21-13-18(19,3)4;/h5-8,14,16,20H,9-13H2,1-4H3;1H. The van der Waals surface area contributed by atoms with Crippen LogP contribution in [0.4, 0.5) is 0 Å². The molecule has 0 aromatic heterocycles. The number of morpholine rings is 1. The molecule has 0 radical (unpaired) electrons. The fraction of sp³-hybridized carbons (Fsp3) is 0.667. The average Bonchev–Trinajstić information content (AvgIpc) is 2.47. The first-order valence-electron chi connectivity index (χ1n) is 8.12. The van der Waals surface area contributed by atoms with Gasteiger partial charge in [-0.1, -0.05) is 26.0 Å². The Kier molecular flexibility index (Phi) is 7.81. The van der Waals surface area contributed by atoms with Gasteiger partial charge in [0, 0.05) is 18.6 Å². The van der Waals surface area contributed by atoms with Crippen molar-refractivity contribution in [2.75, 3.05) is 32.9 Å². The normalized spacial score (nSPS) is 19.2. The van der Waals surface area contributed by atoms with Gasteiger partial charge in [0.15, 0.2) is 0 Å². The van der Waals surface area contributed by atoms with Crippen LogP contribution in [0.2, 0.25) is 0 Å². The second-order valence-corrected chi connectivity index (χ2v) is 7.00. The monoisotopic (exact) mass is 343 g/mol. The van der Waals surface area contributed by atoms with E-state index in [1.807, 2.05) is 12.1 Å². The van der Waals surface area contributed by atoms with E-state index >= 15 is 0 Å². The highest BCUT2D eigenvalue weighted by molar-refractivity contribution is 5.85. The summed E-state index contributed by atoms with van der Waals surface area (Å²) in [4.78, 5) is 2.27. The third-order valence-corrected chi connectivity index (χ3v) is 4.24. The number of aliphatic hydroxyl groups excluding tert-OH is 1. The number of hydrogen-bond acceptors (Lipinski definition) is 4. The first-order chi connectivity index (χ1) is 10.4. The van der Waals surface area contributed by atoms with E-state index < -0.39 is 6.10 Å². The maximum absolute atomic E-state index is 10.2. The summed E-state index contributed by atoms with van der Waals surface area (Å²) in [6, 6.07) is 8.11. The first-order valence-corrected chi connectivity index (χ1v) is 8.12. The Labute approximate surface area is 146 Å². The summed E-state index contributed by atoms with van der Waals surface area (Å²) in [7, 11) is 0. The van der Waals surface area contributed by atoms with Gasteiger partial charge in [-0.2, -0.15) is 0 Å². The Morgan fingerprint density at radius 3 is 2.48 bits per heavy atom. The molecule has 1 unspecified atom stereocenters. The Morgan fingerprint density at radius 2 is 1.91 bits per heavy atom. The number of β-amino-alcohol motifs (C(OH)–C–C–N with tert-alkyl or cyclic N) is 1. The van der Waals surface area contributed by atoms with E-state index in [1.165, 1.54) is 5.56 Å². The van der Waals surface area contributed by atoms with Crippen molar-refractivity contribution in [3.63, 3.8) is 0 Å². The molecule has 1 saturated heterocycles. The SMILES string of the molecule is CC(C)c1ccc(OCC(O)CN2CCOCC2(C)C)cc1.Cl. The molecule has 1 aromatic rings. The molecule has 0 aliphatic carbocycles. The van der Waals surface area contributed by atoms with Crippen LogP contribution in [0.1, 0.15) is 39.2 Å². The topological polar surface area (TPSA) is 41.9 Å². The third-order valence-electron chi connectivity index (χ3n) is 4.24. The fourth-order valence-corrected chi connectivity index (χ4v) is 2.68. The molecule has 1 N–H and O–H groups in total. The number of ether oxygens (including phenoxy) is 2. The summed E-state index contributed by atoms with van der Waals surface area (Å²) in [5, 5.41) is 10.2. The van der Waals surface area contributed by atoms with E-state index in [4.69, 9.17) is 9.47 Å². The number of rotatable bonds is 6. The van der Waals surface area contributed by atoms with Gasteiger partial charge in [0.2, 0.25) is 0 Å². The smallest absolute Gasteiger partial charge is 0.119 e. The molecule has 0 amide bonds. The highest BCUT2D eigenvalue weighted by atomic mass is 35.5.